The third-order valence-corrected chi connectivity index (χ3v) is 1.44. The first-order valence-corrected chi connectivity index (χ1v) is 4.50. The summed E-state index contributed by atoms with van der Waals surface area (Å²) in [4.78, 5) is 20.6. The van der Waals surface area contributed by atoms with Crippen molar-refractivity contribution in [2.45, 2.75) is 19.8 Å². The topological polar surface area (TPSA) is 83.8 Å². The first-order valence-electron chi connectivity index (χ1n) is 4.50. The molecular weight excluding hydrogens is 200 g/mol. The zero-order valence-corrected chi connectivity index (χ0v) is 9.10. The summed E-state index contributed by atoms with van der Waals surface area (Å²) in [6.45, 7) is 5.52. The Morgan fingerprint density at radius 1 is 1.47 bits per heavy atom. The first-order chi connectivity index (χ1) is 6.99. The molecule has 5 nitrogen and oxygen atoms in total. The number of hydrogen-bond donors (Lipinski definition) is 2. The Morgan fingerprint density at radius 2 is 1.93 bits per heavy atom. The zero-order chi connectivity index (χ0) is 12.3. The monoisotopic (exact) mass is 218 g/mol. The number of methoxy groups -OCH3 is 1. The van der Waals surface area contributed by atoms with Crippen LogP contribution in [0.25, 0.3) is 0 Å². The quantitative estimate of drug-likeness (QED) is 0.658. The molecule has 1 unspecified atom stereocenters. The molecule has 0 aliphatic rings. The molecule has 0 saturated heterocycles. The molecule has 0 heterocycles. The van der Waals surface area contributed by atoms with Crippen molar-refractivity contribution in [3.05, 3.63) is 12.7 Å². The van der Waals surface area contributed by atoms with Crippen LogP contribution in [0.4, 0.5) is 0 Å². The second-order valence-corrected chi connectivity index (χ2v) is 2.82. The normalized spacial score (nSPS) is 10.8. The summed E-state index contributed by atoms with van der Waals surface area (Å²) in [7, 11) is 1.44. The van der Waals surface area contributed by atoms with Gasteiger partial charge in [-0.2, -0.15) is 0 Å². The van der Waals surface area contributed by atoms with Gasteiger partial charge in [-0.15, -0.1) is 6.58 Å². The number of carboxylic acid groups (broad SMARTS) is 2. The molecule has 5 heteroatoms. The van der Waals surface area contributed by atoms with Crippen molar-refractivity contribution < 1.29 is 24.5 Å². The third-order valence-electron chi connectivity index (χ3n) is 1.44. The zero-order valence-electron chi connectivity index (χ0n) is 9.10. The summed E-state index contributed by atoms with van der Waals surface area (Å²) in [6, 6.07) is 0. The van der Waals surface area contributed by atoms with Crippen LogP contribution < -0.4 is 0 Å². The Morgan fingerprint density at radius 3 is 2.20 bits per heavy atom. The predicted octanol–water partition coefficient (Wildman–Crippen LogP) is 1.39. The van der Waals surface area contributed by atoms with E-state index in [-0.39, 0.29) is 19.4 Å². The van der Waals surface area contributed by atoms with Crippen LogP contribution in [0.3, 0.4) is 0 Å². The molecule has 15 heavy (non-hydrogen) atoms. The van der Waals surface area contributed by atoms with Crippen LogP contribution in [-0.2, 0) is 14.3 Å². The molecular formula is C10H18O5. The maximum absolute atomic E-state index is 10.4. The number of allylic oxidation sites excluding steroid dienone is 1. The van der Waals surface area contributed by atoms with Crippen molar-refractivity contribution in [1.29, 1.82) is 0 Å². The van der Waals surface area contributed by atoms with E-state index in [1.54, 1.807) is 6.08 Å². The van der Waals surface area contributed by atoms with Gasteiger partial charge in [-0.25, -0.2) is 0 Å². The van der Waals surface area contributed by atoms with Crippen LogP contribution in [0.5, 0.6) is 0 Å². The molecule has 0 rings (SSSR count). The van der Waals surface area contributed by atoms with Gasteiger partial charge in [-0.05, 0) is 13.3 Å². The molecule has 88 valence electrons. The summed E-state index contributed by atoms with van der Waals surface area (Å²) < 4.78 is 4.65. The molecule has 0 spiro atoms. The van der Waals surface area contributed by atoms with Crippen LogP contribution >= 0.6 is 0 Å². The second-order valence-electron chi connectivity index (χ2n) is 2.82. The highest BCUT2D eigenvalue weighted by molar-refractivity contribution is 5.77. The van der Waals surface area contributed by atoms with Gasteiger partial charge in [0.25, 0.3) is 0 Å². The van der Waals surface area contributed by atoms with Gasteiger partial charge in [0.05, 0.1) is 12.3 Å². The molecule has 1 atom stereocenters. The Labute approximate surface area is 89.4 Å². The van der Waals surface area contributed by atoms with E-state index in [2.05, 4.69) is 11.3 Å². The lowest BCUT2D eigenvalue weighted by Crippen LogP contribution is -2.19. The van der Waals surface area contributed by atoms with E-state index in [1.807, 2.05) is 6.92 Å². The number of aliphatic carboxylic acids is 2. The number of carbonyl (C=O) groups is 2. The Hall–Kier alpha value is -1.36. The lowest BCUT2D eigenvalue weighted by atomic mass is 10.0. The van der Waals surface area contributed by atoms with E-state index in [9.17, 15) is 9.59 Å². The summed E-state index contributed by atoms with van der Waals surface area (Å²) in [5.41, 5.74) is 0. The van der Waals surface area contributed by atoms with Crippen molar-refractivity contribution in [3.63, 3.8) is 0 Å². The summed E-state index contributed by atoms with van der Waals surface area (Å²) in [5, 5.41) is 16.9. The lowest BCUT2D eigenvalue weighted by molar-refractivity contribution is -0.148. The largest absolute Gasteiger partial charge is 0.481 e. The molecule has 0 amide bonds. The smallest absolute Gasteiger partial charge is 0.307 e. The number of carboxylic acids is 2. The van der Waals surface area contributed by atoms with Gasteiger partial charge < -0.3 is 14.9 Å². The number of hydrogen-bond acceptors (Lipinski definition) is 3. The average molecular weight is 218 g/mol. The lowest BCUT2D eigenvalue weighted by Gasteiger charge is -2.07. The van der Waals surface area contributed by atoms with Gasteiger partial charge in [0, 0.05) is 13.7 Å². The van der Waals surface area contributed by atoms with Crippen LogP contribution in [0.1, 0.15) is 19.8 Å². The molecule has 0 aromatic rings. The minimum absolute atomic E-state index is 0.234. The fourth-order valence-corrected chi connectivity index (χ4v) is 0.784. The van der Waals surface area contributed by atoms with E-state index in [0.717, 1.165) is 0 Å². The van der Waals surface area contributed by atoms with Crippen molar-refractivity contribution in [3.8, 4) is 0 Å². The molecule has 0 aliphatic heterocycles. The molecule has 0 saturated carbocycles. The van der Waals surface area contributed by atoms with Gasteiger partial charge >= 0.3 is 11.9 Å². The summed E-state index contributed by atoms with van der Waals surface area (Å²) in [5.74, 6) is -3.03. The maximum atomic E-state index is 10.4. The van der Waals surface area contributed by atoms with Gasteiger partial charge in [0.15, 0.2) is 0 Å². The fraction of sp³-hybridized carbons (Fsp3) is 0.600. The van der Waals surface area contributed by atoms with Gasteiger partial charge in [-0.3, -0.25) is 9.59 Å². The van der Waals surface area contributed by atoms with Crippen molar-refractivity contribution >= 4 is 11.9 Å². The highest BCUT2D eigenvalue weighted by atomic mass is 16.5. The molecule has 0 aliphatic carbocycles. The van der Waals surface area contributed by atoms with Gasteiger partial charge in [0.1, 0.15) is 0 Å². The summed E-state index contributed by atoms with van der Waals surface area (Å²) in [6.07, 6.45) is 1.64. The van der Waals surface area contributed by atoms with Crippen LogP contribution in [0.15, 0.2) is 12.7 Å². The first kappa shape index (κ1) is 16.1. The van der Waals surface area contributed by atoms with Crippen molar-refractivity contribution in [2.75, 3.05) is 13.7 Å². The Balaban J connectivity index is 0. The van der Waals surface area contributed by atoms with Gasteiger partial charge in [-0.1, -0.05) is 6.08 Å². The minimum atomic E-state index is -1.10. The van der Waals surface area contributed by atoms with E-state index >= 15 is 0 Å². The molecule has 0 aromatic carbocycles. The number of rotatable bonds is 6. The Kier molecular flexibility index (Phi) is 11.5. The fourth-order valence-electron chi connectivity index (χ4n) is 0.784. The molecule has 2 N–H and O–H groups in total. The minimum Gasteiger partial charge on any atom is -0.481 e. The second kappa shape index (κ2) is 10.7. The SMILES string of the molecule is C=CC.COCCC(CC(=O)O)C(=O)O. The van der Waals surface area contributed by atoms with Crippen molar-refractivity contribution in [1.82, 2.24) is 0 Å². The maximum Gasteiger partial charge on any atom is 0.307 e. The summed E-state index contributed by atoms with van der Waals surface area (Å²) >= 11 is 0. The van der Waals surface area contributed by atoms with Gasteiger partial charge in [0.2, 0.25) is 0 Å². The molecule has 0 bridgehead atoms. The standard InChI is InChI=1S/C7H12O5.C3H6/c1-12-3-2-5(7(10)11)4-6(8)9;1-3-2/h5H,2-4H2,1H3,(H,8,9)(H,10,11);3H,1H2,2H3. The molecule has 0 radical (unpaired) electrons. The molecule has 0 fully saturated rings. The average Bonchev–Trinajstić information content (AvgIpc) is 2.12. The van der Waals surface area contributed by atoms with Crippen molar-refractivity contribution in [2.24, 2.45) is 5.92 Å². The van der Waals surface area contributed by atoms with E-state index in [0.29, 0.717) is 0 Å². The van der Waals surface area contributed by atoms with E-state index in [1.165, 1.54) is 7.11 Å². The Bertz CT molecular complexity index is 200. The van der Waals surface area contributed by atoms with E-state index < -0.39 is 17.9 Å². The van der Waals surface area contributed by atoms with Crippen LogP contribution in [0.2, 0.25) is 0 Å². The number of ether oxygens (including phenoxy) is 1. The predicted molar refractivity (Wildman–Crippen MR) is 55.7 cm³/mol. The third kappa shape index (κ3) is 12.6. The van der Waals surface area contributed by atoms with E-state index in [4.69, 9.17) is 10.2 Å². The van der Waals surface area contributed by atoms with Crippen LogP contribution in [0, 0.1) is 5.92 Å². The van der Waals surface area contributed by atoms with Crippen LogP contribution in [-0.4, -0.2) is 35.9 Å². The highest BCUT2D eigenvalue weighted by Gasteiger charge is 2.20. The molecule has 0 aromatic heterocycles. The highest BCUT2D eigenvalue weighted by Crippen LogP contribution is 2.08.